The van der Waals surface area contributed by atoms with Crippen molar-refractivity contribution in [1.29, 1.82) is 0 Å². The number of carbonyl (C=O) groups excluding carboxylic acids is 1. The van der Waals surface area contributed by atoms with Gasteiger partial charge in [0.15, 0.2) is 6.61 Å². The second-order valence-corrected chi connectivity index (χ2v) is 5.50. The number of hydrogen-bond donors (Lipinski definition) is 2. The van der Waals surface area contributed by atoms with E-state index in [2.05, 4.69) is 24.5 Å². The van der Waals surface area contributed by atoms with E-state index >= 15 is 0 Å². The van der Waals surface area contributed by atoms with Gasteiger partial charge in [-0.15, -0.1) is 0 Å². The standard InChI is InChI=1S/C16H25ClN2O2/c1-5-13(6-2)19-16(20)10-21-15-8-7-12(17)9-14(15)11(3)18-4/h7-9,11,13,18H,5-6,10H2,1-4H3,(H,19,20). The maximum atomic E-state index is 11.9. The summed E-state index contributed by atoms with van der Waals surface area (Å²) in [6.45, 7) is 6.15. The lowest BCUT2D eigenvalue weighted by Crippen LogP contribution is -2.37. The van der Waals surface area contributed by atoms with E-state index in [1.165, 1.54) is 0 Å². The Morgan fingerprint density at radius 1 is 1.33 bits per heavy atom. The molecule has 0 aliphatic carbocycles. The normalized spacial score (nSPS) is 12.3. The monoisotopic (exact) mass is 312 g/mol. The highest BCUT2D eigenvalue weighted by Gasteiger charge is 2.13. The van der Waals surface area contributed by atoms with Crippen molar-refractivity contribution in [3.8, 4) is 5.75 Å². The van der Waals surface area contributed by atoms with E-state index in [4.69, 9.17) is 16.3 Å². The second kappa shape index (κ2) is 8.90. The molecule has 21 heavy (non-hydrogen) atoms. The minimum atomic E-state index is -0.0956. The number of ether oxygens (including phenoxy) is 1. The molecule has 1 aromatic rings. The van der Waals surface area contributed by atoms with Crippen molar-refractivity contribution < 1.29 is 9.53 Å². The molecule has 1 amide bonds. The molecule has 5 heteroatoms. The molecule has 4 nitrogen and oxygen atoms in total. The minimum Gasteiger partial charge on any atom is -0.483 e. The molecule has 1 rings (SSSR count). The maximum absolute atomic E-state index is 11.9. The molecule has 1 unspecified atom stereocenters. The number of carbonyl (C=O) groups is 1. The van der Waals surface area contributed by atoms with Crippen LogP contribution in [0.25, 0.3) is 0 Å². The molecule has 0 saturated heterocycles. The molecule has 0 heterocycles. The van der Waals surface area contributed by atoms with Gasteiger partial charge in [0.25, 0.3) is 5.91 Å². The van der Waals surface area contributed by atoms with Crippen LogP contribution in [0.1, 0.15) is 45.2 Å². The van der Waals surface area contributed by atoms with E-state index < -0.39 is 0 Å². The Morgan fingerprint density at radius 2 is 2.00 bits per heavy atom. The van der Waals surface area contributed by atoms with E-state index in [0.29, 0.717) is 10.8 Å². The van der Waals surface area contributed by atoms with Gasteiger partial charge in [-0.25, -0.2) is 0 Å². The molecule has 0 aromatic heterocycles. The zero-order valence-electron chi connectivity index (χ0n) is 13.2. The number of rotatable bonds is 8. The van der Waals surface area contributed by atoms with E-state index in [-0.39, 0.29) is 24.6 Å². The van der Waals surface area contributed by atoms with Crippen LogP contribution in [0.2, 0.25) is 5.02 Å². The Hall–Kier alpha value is -1.26. The van der Waals surface area contributed by atoms with Crippen molar-refractivity contribution in [3.63, 3.8) is 0 Å². The van der Waals surface area contributed by atoms with Crippen molar-refractivity contribution >= 4 is 17.5 Å². The summed E-state index contributed by atoms with van der Waals surface area (Å²) in [4.78, 5) is 11.9. The third-order valence-corrected chi connectivity index (χ3v) is 3.82. The summed E-state index contributed by atoms with van der Waals surface area (Å²) in [5.41, 5.74) is 0.945. The molecule has 0 aliphatic rings. The number of nitrogens with one attached hydrogen (secondary N) is 2. The number of amides is 1. The number of halogens is 1. The molecule has 0 saturated carbocycles. The summed E-state index contributed by atoms with van der Waals surface area (Å²) < 4.78 is 5.66. The van der Waals surface area contributed by atoms with Gasteiger partial charge in [-0.05, 0) is 45.0 Å². The number of hydrogen-bond acceptors (Lipinski definition) is 3. The van der Waals surface area contributed by atoms with Crippen LogP contribution < -0.4 is 15.4 Å². The molecule has 0 bridgehead atoms. The Morgan fingerprint density at radius 3 is 2.57 bits per heavy atom. The van der Waals surface area contributed by atoms with Crippen LogP contribution in [0.5, 0.6) is 5.75 Å². The van der Waals surface area contributed by atoms with Crippen LogP contribution in [0.4, 0.5) is 0 Å². The molecular formula is C16H25ClN2O2. The highest BCUT2D eigenvalue weighted by molar-refractivity contribution is 6.30. The predicted molar refractivity (Wildman–Crippen MR) is 86.9 cm³/mol. The van der Waals surface area contributed by atoms with Crippen LogP contribution in [0, 0.1) is 0 Å². The van der Waals surface area contributed by atoms with E-state index in [0.717, 1.165) is 18.4 Å². The van der Waals surface area contributed by atoms with Gasteiger partial charge in [0.1, 0.15) is 5.75 Å². The van der Waals surface area contributed by atoms with Gasteiger partial charge in [-0.1, -0.05) is 25.4 Å². The zero-order valence-corrected chi connectivity index (χ0v) is 14.0. The lowest BCUT2D eigenvalue weighted by Gasteiger charge is -2.18. The minimum absolute atomic E-state index is 0.0154. The molecule has 118 valence electrons. The summed E-state index contributed by atoms with van der Waals surface area (Å²) >= 11 is 6.02. The Bertz CT molecular complexity index is 462. The molecule has 0 spiro atoms. The van der Waals surface area contributed by atoms with Gasteiger partial charge >= 0.3 is 0 Å². The smallest absolute Gasteiger partial charge is 0.258 e. The largest absolute Gasteiger partial charge is 0.483 e. The highest BCUT2D eigenvalue weighted by Crippen LogP contribution is 2.28. The lowest BCUT2D eigenvalue weighted by molar-refractivity contribution is -0.123. The fourth-order valence-corrected chi connectivity index (χ4v) is 2.23. The molecule has 0 fully saturated rings. The first-order valence-corrected chi connectivity index (χ1v) is 7.78. The summed E-state index contributed by atoms with van der Waals surface area (Å²) in [5, 5.41) is 6.76. The van der Waals surface area contributed by atoms with Gasteiger partial charge < -0.3 is 15.4 Å². The summed E-state index contributed by atoms with van der Waals surface area (Å²) in [7, 11) is 1.87. The summed E-state index contributed by atoms with van der Waals surface area (Å²) in [6.07, 6.45) is 1.84. The SMILES string of the molecule is CCC(CC)NC(=O)COc1ccc(Cl)cc1C(C)NC. The molecule has 2 N–H and O–H groups in total. The summed E-state index contributed by atoms with van der Waals surface area (Å²) in [5.74, 6) is 0.586. The van der Waals surface area contributed by atoms with Crippen LogP contribution in [-0.2, 0) is 4.79 Å². The van der Waals surface area contributed by atoms with E-state index in [9.17, 15) is 4.79 Å². The van der Waals surface area contributed by atoms with Crippen LogP contribution in [0.3, 0.4) is 0 Å². The fourth-order valence-electron chi connectivity index (χ4n) is 2.05. The Kier molecular flexibility index (Phi) is 7.54. The van der Waals surface area contributed by atoms with Crippen LogP contribution in [-0.4, -0.2) is 25.6 Å². The van der Waals surface area contributed by atoms with Crippen molar-refractivity contribution in [3.05, 3.63) is 28.8 Å². The van der Waals surface area contributed by atoms with Gasteiger partial charge in [0, 0.05) is 22.7 Å². The zero-order chi connectivity index (χ0) is 15.8. The molecule has 1 aromatic carbocycles. The Labute approximate surface area is 132 Å². The van der Waals surface area contributed by atoms with Gasteiger partial charge in [-0.2, -0.15) is 0 Å². The van der Waals surface area contributed by atoms with Crippen molar-refractivity contribution in [2.24, 2.45) is 0 Å². The van der Waals surface area contributed by atoms with Crippen LogP contribution >= 0.6 is 11.6 Å². The first kappa shape index (κ1) is 17.8. The fraction of sp³-hybridized carbons (Fsp3) is 0.562. The molecule has 0 radical (unpaired) electrons. The quantitative estimate of drug-likeness (QED) is 0.774. The molecule has 0 aliphatic heterocycles. The van der Waals surface area contributed by atoms with Crippen molar-refractivity contribution in [2.75, 3.05) is 13.7 Å². The molecular weight excluding hydrogens is 288 g/mol. The van der Waals surface area contributed by atoms with Crippen molar-refractivity contribution in [2.45, 2.75) is 45.7 Å². The van der Waals surface area contributed by atoms with Gasteiger partial charge in [-0.3, -0.25) is 4.79 Å². The maximum Gasteiger partial charge on any atom is 0.258 e. The average Bonchev–Trinajstić information content (AvgIpc) is 2.50. The number of benzene rings is 1. The van der Waals surface area contributed by atoms with Crippen LogP contribution in [0.15, 0.2) is 18.2 Å². The van der Waals surface area contributed by atoms with Crippen molar-refractivity contribution in [1.82, 2.24) is 10.6 Å². The van der Waals surface area contributed by atoms with Gasteiger partial charge in [0.2, 0.25) is 0 Å². The van der Waals surface area contributed by atoms with Gasteiger partial charge in [0.05, 0.1) is 0 Å². The Balaban J connectivity index is 2.68. The van der Waals surface area contributed by atoms with E-state index in [1.54, 1.807) is 12.1 Å². The lowest BCUT2D eigenvalue weighted by atomic mass is 10.1. The first-order chi connectivity index (χ1) is 10.0. The van der Waals surface area contributed by atoms with E-state index in [1.807, 2.05) is 20.0 Å². The predicted octanol–water partition coefficient (Wildman–Crippen LogP) is 3.30. The first-order valence-electron chi connectivity index (χ1n) is 7.40. The third-order valence-electron chi connectivity index (χ3n) is 3.58. The third kappa shape index (κ3) is 5.56. The topological polar surface area (TPSA) is 50.4 Å². The molecule has 1 atom stereocenters. The second-order valence-electron chi connectivity index (χ2n) is 5.06. The average molecular weight is 313 g/mol. The summed E-state index contributed by atoms with van der Waals surface area (Å²) in [6, 6.07) is 5.73. The highest BCUT2D eigenvalue weighted by atomic mass is 35.5.